The maximum Gasteiger partial charge on any atom is 0.128 e. The molecule has 2 rings (SSSR count). The first-order valence-corrected chi connectivity index (χ1v) is 3.82. The van der Waals surface area contributed by atoms with Crippen molar-refractivity contribution < 1.29 is 4.39 Å². The summed E-state index contributed by atoms with van der Waals surface area (Å²) in [5.41, 5.74) is 7.52. The third-order valence-electron chi connectivity index (χ3n) is 2.24. The van der Waals surface area contributed by atoms with Gasteiger partial charge in [-0.15, -0.1) is 0 Å². The van der Waals surface area contributed by atoms with Crippen LogP contribution in [-0.2, 0) is 6.42 Å². The zero-order chi connectivity index (χ0) is 7.84. The van der Waals surface area contributed by atoms with Gasteiger partial charge >= 0.3 is 0 Å². The lowest BCUT2D eigenvalue weighted by Gasteiger charge is -2.04. The van der Waals surface area contributed by atoms with E-state index in [1.807, 2.05) is 6.07 Å². The minimum atomic E-state index is -0.146. The lowest BCUT2D eigenvalue weighted by Crippen LogP contribution is -2.07. The maximum atomic E-state index is 13.1. The summed E-state index contributed by atoms with van der Waals surface area (Å²) in [4.78, 5) is 0. The van der Waals surface area contributed by atoms with Gasteiger partial charge in [0.25, 0.3) is 0 Å². The van der Waals surface area contributed by atoms with Gasteiger partial charge in [0.05, 0.1) is 0 Å². The van der Waals surface area contributed by atoms with E-state index in [-0.39, 0.29) is 11.9 Å². The van der Waals surface area contributed by atoms with Crippen LogP contribution in [-0.4, -0.2) is 0 Å². The molecule has 0 heterocycles. The van der Waals surface area contributed by atoms with E-state index in [0.717, 1.165) is 24.0 Å². The SMILES string of the molecule is N[C@@H]1CCc2cccc(F)c21. The Bertz CT molecular complexity index is 283. The number of nitrogens with two attached hydrogens (primary N) is 1. The molecule has 0 saturated carbocycles. The summed E-state index contributed by atoms with van der Waals surface area (Å²) in [6.45, 7) is 0. The summed E-state index contributed by atoms with van der Waals surface area (Å²) >= 11 is 0. The molecular formula is C9H10FN. The van der Waals surface area contributed by atoms with Crippen molar-refractivity contribution in [3.63, 3.8) is 0 Å². The summed E-state index contributed by atoms with van der Waals surface area (Å²) < 4.78 is 13.1. The highest BCUT2D eigenvalue weighted by Crippen LogP contribution is 2.30. The molecule has 0 unspecified atom stereocenters. The Morgan fingerprint density at radius 1 is 1.45 bits per heavy atom. The van der Waals surface area contributed by atoms with Crippen LogP contribution in [0.5, 0.6) is 0 Å². The molecule has 1 aromatic carbocycles. The monoisotopic (exact) mass is 151 g/mol. The second-order valence-electron chi connectivity index (χ2n) is 2.96. The van der Waals surface area contributed by atoms with Crippen molar-refractivity contribution in [3.8, 4) is 0 Å². The zero-order valence-corrected chi connectivity index (χ0v) is 6.18. The fourth-order valence-electron chi connectivity index (χ4n) is 1.67. The standard InChI is InChI=1S/C9H10FN/c10-7-3-1-2-6-4-5-8(11)9(6)7/h1-3,8H,4-5,11H2/t8-/m1/s1. The molecule has 2 N–H and O–H groups in total. The largest absolute Gasteiger partial charge is 0.324 e. The Morgan fingerprint density at radius 2 is 2.27 bits per heavy atom. The highest BCUT2D eigenvalue weighted by Gasteiger charge is 2.21. The number of halogens is 1. The van der Waals surface area contributed by atoms with Gasteiger partial charge in [-0.1, -0.05) is 12.1 Å². The Morgan fingerprint density at radius 3 is 3.00 bits per heavy atom. The number of hydrogen-bond donors (Lipinski definition) is 1. The van der Waals surface area contributed by atoms with Crippen molar-refractivity contribution in [1.82, 2.24) is 0 Å². The summed E-state index contributed by atoms with van der Waals surface area (Å²) in [5.74, 6) is -0.146. The first-order chi connectivity index (χ1) is 5.29. The summed E-state index contributed by atoms with van der Waals surface area (Å²) in [6.07, 6.45) is 1.81. The average molecular weight is 151 g/mol. The molecule has 0 saturated heterocycles. The Hall–Kier alpha value is -0.890. The van der Waals surface area contributed by atoms with Crippen LogP contribution in [0.15, 0.2) is 18.2 Å². The number of aryl methyl sites for hydroxylation is 1. The van der Waals surface area contributed by atoms with E-state index in [0.29, 0.717) is 0 Å². The summed E-state index contributed by atoms with van der Waals surface area (Å²) in [5, 5.41) is 0. The van der Waals surface area contributed by atoms with Crippen LogP contribution < -0.4 is 5.73 Å². The van der Waals surface area contributed by atoms with Gasteiger partial charge in [0.15, 0.2) is 0 Å². The average Bonchev–Trinajstić information content (AvgIpc) is 2.34. The number of hydrogen-bond acceptors (Lipinski definition) is 1. The van der Waals surface area contributed by atoms with Crippen molar-refractivity contribution in [2.24, 2.45) is 5.73 Å². The molecule has 0 bridgehead atoms. The molecular weight excluding hydrogens is 141 g/mol. The second kappa shape index (κ2) is 2.31. The number of benzene rings is 1. The van der Waals surface area contributed by atoms with Crippen LogP contribution >= 0.6 is 0 Å². The first-order valence-electron chi connectivity index (χ1n) is 3.82. The van der Waals surface area contributed by atoms with E-state index in [2.05, 4.69) is 0 Å². The van der Waals surface area contributed by atoms with Gasteiger partial charge in [-0.2, -0.15) is 0 Å². The Labute approximate surface area is 65.0 Å². The Balaban J connectivity index is 2.58. The molecule has 0 fully saturated rings. The summed E-state index contributed by atoms with van der Waals surface area (Å²) in [6, 6.07) is 5.09. The fraction of sp³-hybridized carbons (Fsp3) is 0.333. The lowest BCUT2D eigenvalue weighted by atomic mass is 10.1. The lowest BCUT2D eigenvalue weighted by molar-refractivity contribution is 0.589. The molecule has 0 radical (unpaired) electrons. The van der Waals surface area contributed by atoms with Crippen molar-refractivity contribution in [1.29, 1.82) is 0 Å². The number of fused-ring (bicyclic) bond motifs is 1. The normalized spacial score (nSPS) is 21.8. The predicted molar refractivity (Wildman–Crippen MR) is 41.6 cm³/mol. The molecule has 11 heavy (non-hydrogen) atoms. The second-order valence-corrected chi connectivity index (χ2v) is 2.96. The van der Waals surface area contributed by atoms with E-state index < -0.39 is 0 Å². The summed E-state index contributed by atoms with van der Waals surface area (Å²) in [7, 11) is 0. The van der Waals surface area contributed by atoms with Crippen LogP contribution in [0.2, 0.25) is 0 Å². The molecule has 1 aliphatic rings. The van der Waals surface area contributed by atoms with Crippen LogP contribution in [0, 0.1) is 5.82 Å². The van der Waals surface area contributed by atoms with E-state index in [4.69, 9.17) is 5.73 Å². The van der Waals surface area contributed by atoms with Crippen LogP contribution in [0.4, 0.5) is 4.39 Å². The zero-order valence-electron chi connectivity index (χ0n) is 6.18. The van der Waals surface area contributed by atoms with E-state index >= 15 is 0 Å². The molecule has 0 aromatic heterocycles. The molecule has 1 nitrogen and oxygen atoms in total. The van der Waals surface area contributed by atoms with Crippen LogP contribution in [0.3, 0.4) is 0 Å². The van der Waals surface area contributed by atoms with Gasteiger partial charge < -0.3 is 5.73 Å². The van der Waals surface area contributed by atoms with Gasteiger partial charge in [-0.25, -0.2) is 4.39 Å². The molecule has 1 aliphatic carbocycles. The minimum absolute atomic E-state index is 0.0776. The minimum Gasteiger partial charge on any atom is -0.324 e. The van der Waals surface area contributed by atoms with Crippen molar-refractivity contribution in [2.75, 3.05) is 0 Å². The third kappa shape index (κ3) is 0.942. The third-order valence-corrected chi connectivity index (χ3v) is 2.24. The van der Waals surface area contributed by atoms with E-state index in [1.165, 1.54) is 6.07 Å². The smallest absolute Gasteiger partial charge is 0.128 e. The quantitative estimate of drug-likeness (QED) is 0.600. The Kier molecular flexibility index (Phi) is 1.43. The van der Waals surface area contributed by atoms with Crippen molar-refractivity contribution in [2.45, 2.75) is 18.9 Å². The highest BCUT2D eigenvalue weighted by molar-refractivity contribution is 5.35. The topological polar surface area (TPSA) is 26.0 Å². The molecule has 0 spiro atoms. The van der Waals surface area contributed by atoms with Crippen molar-refractivity contribution in [3.05, 3.63) is 35.1 Å². The van der Waals surface area contributed by atoms with Crippen molar-refractivity contribution >= 4 is 0 Å². The van der Waals surface area contributed by atoms with Gasteiger partial charge in [0.2, 0.25) is 0 Å². The molecule has 1 atom stereocenters. The highest BCUT2D eigenvalue weighted by atomic mass is 19.1. The fourth-order valence-corrected chi connectivity index (χ4v) is 1.67. The predicted octanol–water partition coefficient (Wildman–Crippen LogP) is 1.77. The van der Waals surface area contributed by atoms with Crippen LogP contribution in [0.1, 0.15) is 23.6 Å². The molecule has 58 valence electrons. The molecule has 2 heteroatoms. The van der Waals surface area contributed by atoms with Gasteiger partial charge in [0, 0.05) is 11.6 Å². The molecule has 0 aliphatic heterocycles. The number of rotatable bonds is 0. The van der Waals surface area contributed by atoms with E-state index in [1.54, 1.807) is 6.07 Å². The first kappa shape index (κ1) is 6.80. The maximum absolute atomic E-state index is 13.1. The van der Waals surface area contributed by atoms with Gasteiger partial charge in [0.1, 0.15) is 5.82 Å². The molecule has 0 amide bonds. The molecule has 1 aromatic rings. The van der Waals surface area contributed by atoms with Gasteiger partial charge in [-0.3, -0.25) is 0 Å². The van der Waals surface area contributed by atoms with Crippen LogP contribution in [0.25, 0.3) is 0 Å². The van der Waals surface area contributed by atoms with E-state index in [9.17, 15) is 4.39 Å². The van der Waals surface area contributed by atoms with Gasteiger partial charge in [-0.05, 0) is 24.5 Å².